The van der Waals surface area contributed by atoms with Crippen LogP contribution in [0.15, 0.2) is 24.7 Å². The monoisotopic (exact) mass is 233 g/mol. The first-order chi connectivity index (χ1) is 8.18. The lowest BCUT2D eigenvalue weighted by Crippen LogP contribution is -2.33. The molecule has 0 spiro atoms. The lowest BCUT2D eigenvalue weighted by atomic mass is 10.1. The van der Waals surface area contributed by atoms with E-state index in [1.807, 2.05) is 25.5 Å². The fourth-order valence-corrected chi connectivity index (χ4v) is 1.78. The molecule has 1 aliphatic rings. The van der Waals surface area contributed by atoms with Gasteiger partial charge in [0.1, 0.15) is 0 Å². The zero-order valence-corrected chi connectivity index (χ0v) is 10.6. The fourth-order valence-electron chi connectivity index (χ4n) is 1.78. The van der Waals surface area contributed by atoms with Gasteiger partial charge < -0.3 is 9.64 Å². The van der Waals surface area contributed by atoms with E-state index in [1.165, 1.54) is 5.56 Å². The molecule has 0 bridgehead atoms. The molecule has 0 saturated heterocycles. The first kappa shape index (κ1) is 11.9. The number of nitrogens with zero attached hydrogens (tertiary/aromatic N) is 3. The Morgan fingerprint density at radius 2 is 2.06 bits per heavy atom. The first-order valence-corrected chi connectivity index (χ1v) is 6.01. The maximum atomic E-state index is 5.19. The molecule has 2 heterocycles. The molecule has 0 aromatic carbocycles. The van der Waals surface area contributed by atoms with E-state index < -0.39 is 0 Å². The Labute approximate surface area is 102 Å². The van der Waals surface area contributed by atoms with Crippen LogP contribution in [-0.4, -0.2) is 29.7 Å². The summed E-state index contributed by atoms with van der Waals surface area (Å²) in [6.07, 6.45) is 8.59. The lowest BCUT2D eigenvalue weighted by molar-refractivity contribution is 0.221. The van der Waals surface area contributed by atoms with Crippen LogP contribution in [0.25, 0.3) is 0 Å². The zero-order chi connectivity index (χ0) is 12.3. The number of ether oxygens (including phenoxy) is 1. The molecule has 0 amide bonds. The Kier molecular flexibility index (Phi) is 3.61. The summed E-state index contributed by atoms with van der Waals surface area (Å²) < 4.78 is 5.19. The molecular formula is C13H19N3O. The molecule has 0 N–H and O–H groups in total. The van der Waals surface area contributed by atoms with Crippen LogP contribution < -0.4 is 4.90 Å². The van der Waals surface area contributed by atoms with Gasteiger partial charge in [-0.25, -0.2) is 9.97 Å². The summed E-state index contributed by atoms with van der Waals surface area (Å²) in [5.41, 5.74) is 1.17. The van der Waals surface area contributed by atoms with Crippen molar-refractivity contribution in [3.63, 3.8) is 0 Å². The predicted molar refractivity (Wildman–Crippen MR) is 68.0 cm³/mol. The van der Waals surface area contributed by atoms with Crippen LogP contribution in [0.3, 0.4) is 0 Å². The van der Waals surface area contributed by atoms with Gasteiger partial charge in [-0.2, -0.15) is 0 Å². The van der Waals surface area contributed by atoms with E-state index in [2.05, 4.69) is 28.7 Å². The van der Waals surface area contributed by atoms with E-state index in [1.54, 1.807) is 6.26 Å². The molecule has 17 heavy (non-hydrogen) atoms. The molecule has 92 valence electrons. The van der Waals surface area contributed by atoms with Gasteiger partial charge in [0.05, 0.1) is 18.9 Å². The smallest absolute Gasteiger partial charge is 0.225 e. The van der Waals surface area contributed by atoms with Crippen LogP contribution >= 0.6 is 0 Å². The molecule has 4 heteroatoms. The molecule has 0 saturated carbocycles. The molecule has 2 rings (SSSR count). The maximum absolute atomic E-state index is 5.19. The van der Waals surface area contributed by atoms with E-state index >= 15 is 0 Å². The van der Waals surface area contributed by atoms with Gasteiger partial charge in [-0.05, 0) is 17.6 Å². The largest absolute Gasteiger partial charge is 0.501 e. The molecule has 0 radical (unpaired) electrons. The summed E-state index contributed by atoms with van der Waals surface area (Å²) >= 11 is 0. The number of rotatable bonds is 3. The van der Waals surface area contributed by atoms with Gasteiger partial charge in [0, 0.05) is 25.9 Å². The number of aromatic nitrogens is 2. The SMILES string of the molecule is CC(C)c1cnc(N(C)C2C=COCC2)nc1. The minimum absolute atomic E-state index is 0.327. The van der Waals surface area contributed by atoms with E-state index in [9.17, 15) is 0 Å². The topological polar surface area (TPSA) is 38.2 Å². The molecule has 0 aliphatic carbocycles. The molecule has 1 atom stereocenters. The Balaban J connectivity index is 2.10. The van der Waals surface area contributed by atoms with Crippen molar-refractivity contribution in [3.8, 4) is 0 Å². The third-order valence-corrected chi connectivity index (χ3v) is 3.07. The van der Waals surface area contributed by atoms with Crippen molar-refractivity contribution in [2.45, 2.75) is 32.2 Å². The Morgan fingerprint density at radius 3 is 2.59 bits per heavy atom. The average Bonchev–Trinajstić information content (AvgIpc) is 2.39. The summed E-state index contributed by atoms with van der Waals surface area (Å²) in [5, 5.41) is 0. The van der Waals surface area contributed by atoms with Crippen LogP contribution in [-0.2, 0) is 4.74 Å². The summed E-state index contributed by atoms with van der Waals surface area (Å²) in [6, 6.07) is 0.327. The molecule has 1 aromatic rings. The summed E-state index contributed by atoms with van der Waals surface area (Å²) in [4.78, 5) is 10.9. The molecule has 1 aromatic heterocycles. The first-order valence-electron chi connectivity index (χ1n) is 6.01. The average molecular weight is 233 g/mol. The van der Waals surface area contributed by atoms with Crippen LogP contribution in [0.1, 0.15) is 31.7 Å². The highest BCUT2D eigenvalue weighted by atomic mass is 16.5. The fraction of sp³-hybridized carbons (Fsp3) is 0.538. The van der Waals surface area contributed by atoms with Crippen molar-refractivity contribution in [2.24, 2.45) is 0 Å². The van der Waals surface area contributed by atoms with Gasteiger partial charge in [-0.1, -0.05) is 13.8 Å². The van der Waals surface area contributed by atoms with Crippen molar-refractivity contribution >= 4 is 5.95 Å². The van der Waals surface area contributed by atoms with Gasteiger partial charge in [0.15, 0.2) is 0 Å². The van der Waals surface area contributed by atoms with Crippen molar-refractivity contribution in [3.05, 3.63) is 30.3 Å². The Bertz CT molecular complexity index is 386. The lowest BCUT2D eigenvalue weighted by Gasteiger charge is -2.27. The third kappa shape index (κ3) is 2.75. The zero-order valence-electron chi connectivity index (χ0n) is 10.6. The molecule has 1 aliphatic heterocycles. The van der Waals surface area contributed by atoms with E-state index in [4.69, 9.17) is 4.74 Å². The van der Waals surface area contributed by atoms with Crippen molar-refractivity contribution < 1.29 is 4.74 Å². The second-order valence-electron chi connectivity index (χ2n) is 4.64. The van der Waals surface area contributed by atoms with Crippen LogP contribution in [0.2, 0.25) is 0 Å². The number of hydrogen-bond donors (Lipinski definition) is 0. The van der Waals surface area contributed by atoms with E-state index in [0.717, 1.165) is 19.0 Å². The van der Waals surface area contributed by atoms with Gasteiger partial charge in [0.2, 0.25) is 5.95 Å². The molecule has 4 nitrogen and oxygen atoms in total. The second kappa shape index (κ2) is 5.17. The number of hydrogen-bond acceptors (Lipinski definition) is 4. The van der Waals surface area contributed by atoms with Gasteiger partial charge in [-0.3, -0.25) is 0 Å². The van der Waals surface area contributed by atoms with Crippen LogP contribution in [0.4, 0.5) is 5.95 Å². The minimum Gasteiger partial charge on any atom is -0.501 e. The van der Waals surface area contributed by atoms with Crippen molar-refractivity contribution in [1.29, 1.82) is 0 Å². The van der Waals surface area contributed by atoms with Crippen molar-refractivity contribution in [2.75, 3.05) is 18.6 Å². The third-order valence-electron chi connectivity index (χ3n) is 3.07. The predicted octanol–water partition coefficient (Wildman–Crippen LogP) is 2.34. The highest BCUT2D eigenvalue weighted by Crippen LogP contribution is 2.17. The van der Waals surface area contributed by atoms with Gasteiger partial charge in [0.25, 0.3) is 0 Å². The van der Waals surface area contributed by atoms with Gasteiger partial charge >= 0.3 is 0 Å². The standard InChI is InChI=1S/C13H19N3O/c1-10(2)11-8-14-13(15-9-11)16(3)12-4-6-17-7-5-12/h4,6,8-10,12H,5,7H2,1-3H3. The number of likely N-dealkylation sites (N-methyl/N-ethyl adjacent to an activating group) is 1. The second-order valence-corrected chi connectivity index (χ2v) is 4.64. The molecule has 0 fully saturated rings. The van der Waals surface area contributed by atoms with Crippen molar-refractivity contribution in [1.82, 2.24) is 9.97 Å². The Hall–Kier alpha value is -1.58. The van der Waals surface area contributed by atoms with Crippen LogP contribution in [0.5, 0.6) is 0 Å². The normalized spacial score (nSPS) is 19.2. The number of anilines is 1. The Morgan fingerprint density at radius 1 is 1.35 bits per heavy atom. The quantitative estimate of drug-likeness (QED) is 0.803. The summed E-state index contributed by atoms with van der Waals surface area (Å²) in [5.74, 6) is 1.24. The molecular weight excluding hydrogens is 214 g/mol. The highest BCUT2D eigenvalue weighted by molar-refractivity contribution is 5.33. The van der Waals surface area contributed by atoms with Crippen LogP contribution in [0, 0.1) is 0 Å². The molecule has 1 unspecified atom stereocenters. The maximum Gasteiger partial charge on any atom is 0.225 e. The summed E-state index contributed by atoms with van der Waals surface area (Å²) in [7, 11) is 2.02. The van der Waals surface area contributed by atoms with E-state index in [0.29, 0.717) is 12.0 Å². The minimum atomic E-state index is 0.327. The summed E-state index contributed by atoms with van der Waals surface area (Å²) in [6.45, 7) is 5.04. The van der Waals surface area contributed by atoms with E-state index in [-0.39, 0.29) is 0 Å². The van der Waals surface area contributed by atoms with Gasteiger partial charge in [-0.15, -0.1) is 0 Å². The highest BCUT2D eigenvalue weighted by Gasteiger charge is 2.17.